The molecule has 0 aliphatic carbocycles. The van der Waals surface area contributed by atoms with Gasteiger partial charge in [-0.1, -0.05) is 29.5 Å². The van der Waals surface area contributed by atoms with Crippen LogP contribution < -0.4 is 0 Å². The average molecular weight is 743 g/mol. The molecule has 0 spiro atoms. The van der Waals surface area contributed by atoms with Crippen molar-refractivity contribution < 1.29 is 80.9 Å². The second-order valence-electron chi connectivity index (χ2n) is 11.6. The first kappa shape index (κ1) is 41.2. The topological polar surface area (TPSA) is 212 Å². The lowest BCUT2D eigenvalue weighted by Gasteiger charge is -2.48. The lowest BCUT2D eigenvalue weighted by atomic mass is 9.96. The predicted molar refractivity (Wildman–Crippen MR) is 170 cm³/mol. The zero-order valence-electron chi connectivity index (χ0n) is 29.3. The number of carbonyl (C=O) groups is 7. The molecule has 0 unspecified atom stereocenters. The van der Waals surface area contributed by atoms with E-state index in [9.17, 15) is 33.6 Å². The number of hydrogen-bond donors (Lipinski definition) is 0. The van der Waals surface area contributed by atoms with Crippen LogP contribution in [0.1, 0.15) is 54.0 Å². The van der Waals surface area contributed by atoms with E-state index in [4.69, 9.17) is 47.4 Å². The summed E-state index contributed by atoms with van der Waals surface area (Å²) in [5, 5.41) is 0. The quantitative estimate of drug-likeness (QED) is 0.208. The SMILES string of the molecule is CC(=O)OC[C@H]1O[C@@H](Sc2ccc(C)cc2)[C@H](OC(C)=O)[C@@H](OC(C)=O)[C@@H]1O[C@H]1O[C@H](COC(C)=O)[C@@H](OC(C)=O)[C@H](OC(C)=O)[C@H]1OC(C)=O. The number of thioether (sulfide) groups is 1. The van der Waals surface area contributed by atoms with E-state index in [1.165, 1.54) is 0 Å². The summed E-state index contributed by atoms with van der Waals surface area (Å²) < 4.78 is 57.0. The standard InChI is InChI=1S/C33H42O17S/c1-15-9-11-23(12-10-15)51-33-31(47-22(8)40)29(45-20(6)38)27(25(49-33)14-42-17(3)35)50-32-30(46-21(7)39)28(44-19(5)37)26(43-18(4)36)24(48-32)13-41-16(2)34/h9-12,24-33H,13-14H2,1-8H3/t24-,25-,26-,27-,28+,29+,30-,31-,32-,33+/m1/s1. The molecule has 17 nitrogen and oxygen atoms in total. The predicted octanol–water partition coefficient (Wildman–Crippen LogP) is 1.71. The minimum atomic E-state index is -1.75. The van der Waals surface area contributed by atoms with Crippen molar-refractivity contribution in [3.63, 3.8) is 0 Å². The molecule has 1 aromatic carbocycles. The van der Waals surface area contributed by atoms with Crippen molar-refractivity contribution in [3.05, 3.63) is 29.8 Å². The smallest absolute Gasteiger partial charge is 0.303 e. The number of ether oxygens (including phenoxy) is 10. The van der Waals surface area contributed by atoms with E-state index in [0.29, 0.717) is 4.90 Å². The summed E-state index contributed by atoms with van der Waals surface area (Å²) >= 11 is 1.13. The van der Waals surface area contributed by atoms with E-state index >= 15 is 0 Å². The van der Waals surface area contributed by atoms with Gasteiger partial charge in [0.1, 0.15) is 37.0 Å². The van der Waals surface area contributed by atoms with Gasteiger partial charge in [0, 0.05) is 53.4 Å². The Morgan fingerprint density at radius 3 is 1.41 bits per heavy atom. The fourth-order valence-electron chi connectivity index (χ4n) is 5.32. The third kappa shape index (κ3) is 12.5. The van der Waals surface area contributed by atoms with Crippen molar-refractivity contribution in [1.29, 1.82) is 0 Å². The highest BCUT2D eigenvalue weighted by molar-refractivity contribution is 7.99. The number of aryl methyl sites for hydroxylation is 1. The highest BCUT2D eigenvalue weighted by Gasteiger charge is 2.57. The molecule has 0 saturated carbocycles. The van der Waals surface area contributed by atoms with Crippen LogP contribution in [0.5, 0.6) is 0 Å². The van der Waals surface area contributed by atoms with Crippen LogP contribution >= 0.6 is 11.8 Å². The Bertz CT molecular complexity index is 1430. The van der Waals surface area contributed by atoms with Crippen LogP contribution in [0.2, 0.25) is 0 Å². The van der Waals surface area contributed by atoms with Gasteiger partial charge >= 0.3 is 41.8 Å². The number of carbonyl (C=O) groups excluding carboxylic acids is 7. The minimum Gasteiger partial charge on any atom is -0.463 e. The lowest BCUT2D eigenvalue weighted by molar-refractivity contribution is -0.341. The molecule has 1 aromatic rings. The number of rotatable bonds is 13. The Morgan fingerprint density at radius 1 is 0.529 bits per heavy atom. The van der Waals surface area contributed by atoms with Crippen LogP contribution in [0, 0.1) is 6.92 Å². The molecule has 0 N–H and O–H groups in total. The van der Waals surface area contributed by atoms with Gasteiger partial charge in [-0.25, -0.2) is 0 Å². The fourth-order valence-corrected chi connectivity index (χ4v) is 6.42. The highest BCUT2D eigenvalue weighted by atomic mass is 32.2. The van der Waals surface area contributed by atoms with Crippen LogP contribution in [0.3, 0.4) is 0 Å². The van der Waals surface area contributed by atoms with Gasteiger partial charge in [-0.15, -0.1) is 0 Å². The van der Waals surface area contributed by atoms with Crippen LogP contribution in [0.15, 0.2) is 29.2 Å². The monoisotopic (exact) mass is 742 g/mol. The maximum Gasteiger partial charge on any atom is 0.303 e. The molecule has 10 atom stereocenters. The average Bonchev–Trinajstić information content (AvgIpc) is 3.00. The Balaban J connectivity index is 2.16. The fraction of sp³-hybridized carbons (Fsp3) is 0.606. The molecule has 0 amide bonds. The van der Waals surface area contributed by atoms with Gasteiger partial charge in [0.25, 0.3) is 0 Å². The Morgan fingerprint density at radius 2 is 0.941 bits per heavy atom. The van der Waals surface area contributed by atoms with Gasteiger partial charge in [0.15, 0.2) is 36.8 Å². The molecule has 3 rings (SSSR count). The van der Waals surface area contributed by atoms with Gasteiger partial charge in [-0.2, -0.15) is 0 Å². The molecular formula is C33H42O17S. The molecule has 0 bridgehead atoms. The summed E-state index contributed by atoms with van der Waals surface area (Å²) in [7, 11) is 0. The molecular weight excluding hydrogens is 700 g/mol. The first-order valence-corrected chi connectivity index (χ1v) is 16.7. The summed E-state index contributed by atoms with van der Waals surface area (Å²) in [6.45, 7) is 8.57. The normalized spacial score (nSPS) is 28.7. The van der Waals surface area contributed by atoms with Gasteiger partial charge < -0.3 is 47.4 Å². The summed E-state index contributed by atoms with van der Waals surface area (Å²) in [4.78, 5) is 86.4. The molecule has 2 aliphatic heterocycles. The largest absolute Gasteiger partial charge is 0.463 e. The summed E-state index contributed by atoms with van der Waals surface area (Å²) in [6, 6.07) is 7.30. The maximum absolute atomic E-state index is 12.6. The van der Waals surface area contributed by atoms with Crippen molar-refractivity contribution >= 4 is 53.5 Å². The molecule has 2 aliphatic rings. The van der Waals surface area contributed by atoms with E-state index in [1.54, 1.807) is 12.1 Å². The van der Waals surface area contributed by atoms with Crippen LogP contribution in [-0.4, -0.2) is 116 Å². The zero-order chi connectivity index (χ0) is 38.0. The highest BCUT2D eigenvalue weighted by Crippen LogP contribution is 2.39. The summed E-state index contributed by atoms with van der Waals surface area (Å²) in [5.74, 6) is -5.62. The summed E-state index contributed by atoms with van der Waals surface area (Å²) in [5.41, 5.74) is -0.0824. The second kappa shape index (κ2) is 18.8. The molecule has 2 fully saturated rings. The van der Waals surface area contributed by atoms with Crippen LogP contribution in [0.4, 0.5) is 0 Å². The van der Waals surface area contributed by atoms with Gasteiger partial charge in [-0.05, 0) is 19.1 Å². The van der Waals surface area contributed by atoms with E-state index in [-0.39, 0.29) is 0 Å². The number of hydrogen-bond acceptors (Lipinski definition) is 18. The third-order valence-electron chi connectivity index (χ3n) is 7.16. The number of benzene rings is 1. The molecule has 0 radical (unpaired) electrons. The first-order valence-electron chi connectivity index (χ1n) is 15.8. The second-order valence-corrected chi connectivity index (χ2v) is 12.8. The maximum atomic E-state index is 12.6. The van der Waals surface area contributed by atoms with Gasteiger partial charge in [-0.3, -0.25) is 33.6 Å². The first-order chi connectivity index (χ1) is 23.9. The molecule has 0 aromatic heterocycles. The Kier molecular flexibility index (Phi) is 15.2. The Labute approximate surface area is 298 Å². The van der Waals surface area contributed by atoms with E-state index < -0.39 is 116 Å². The molecule has 2 saturated heterocycles. The molecule has 2 heterocycles. The zero-order valence-corrected chi connectivity index (χ0v) is 30.2. The van der Waals surface area contributed by atoms with Crippen molar-refractivity contribution in [2.45, 2.75) is 121 Å². The third-order valence-corrected chi connectivity index (χ3v) is 8.31. The minimum absolute atomic E-state index is 0.471. The van der Waals surface area contributed by atoms with E-state index in [1.807, 2.05) is 19.1 Å². The Hall–Kier alpha value is -4.26. The van der Waals surface area contributed by atoms with Crippen LogP contribution in [-0.2, 0) is 80.9 Å². The lowest BCUT2D eigenvalue weighted by Crippen LogP contribution is -2.66. The van der Waals surface area contributed by atoms with Crippen LogP contribution in [0.25, 0.3) is 0 Å². The molecule has 282 valence electrons. The number of esters is 7. The summed E-state index contributed by atoms with van der Waals surface area (Å²) in [6.07, 6.45) is -13.5. The van der Waals surface area contributed by atoms with Crippen molar-refractivity contribution in [2.24, 2.45) is 0 Å². The van der Waals surface area contributed by atoms with Crippen molar-refractivity contribution in [2.75, 3.05) is 13.2 Å². The van der Waals surface area contributed by atoms with Crippen molar-refractivity contribution in [1.82, 2.24) is 0 Å². The van der Waals surface area contributed by atoms with Crippen molar-refractivity contribution in [3.8, 4) is 0 Å². The molecule has 18 heteroatoms. The van der Waals surface area contributed by atoms with E-state index in [0.717, 1.165) is 65.8 Å². The molecule has 51 heavy (non-hydrogen) atoms. The van der Waals surface area contributed by atoms with Gasteiger partial charge in [0.2, 0.25) is 0 Å². The van der Waals surface area contributed by atoms with Gasteiger partial charge in [0.05, 0.1) is 0 Å². The van der Waals surface area contributed by atoms with E-state index in [2.05, 4.69) is 0 Å².